The molecule has 0 bridgehead atoms. The SMILES string of the molecule is COc1ccc(CCN)cc1NC(=O)[C@H](NC(=O)N1CCC(c2ccccc2C)CC1)[C@H](C)c1c[nH]c2ccccc12. The highest BCUT2D eigenvalue weighted by molar-refractivity contribution is 5.99. The van der Waals surface area contributed by atoms with E-state index < -0.39 is 6.04 Å². The van der Waals surface area contributed by atoms with Crippen molar-refractivity contribution in [1.29, 1.82) is 0 Å². The molecule has 42 heavy (non-hydrogen) atoms. The number of fused-ring (bicyclic) bond motifs is 1. The number of aromatic nitrogens is 1. The Hall–Kier alpha value is -4.30. The quantitative estimate of drug-likeness (QED) is 0.208. The number of carbonyl (C=O) groups excluding carboxylic acids is 2. The summed E-state index contributed by atoms with van der Waals surface area (Å²) in [7, 11) is 1.57. The van der Waals surface area contributed by atoms with Gasteiger partial charge in [0.05, 0.1) is 12.8 Å². The summed E-state index contributed by atoms with van der Waals surface area (Å²) in [6, 6.07) is 21.1. The van der Waals surface area contributed by atoms with E-state index >= 15 is 0 Å². The second-order valence-electron chi connectivity index (χ2n) is 11.2. The predicted molar refractivity (Wildman–Crippen MR) is 168 cm³/mol. The summed E-state index contributed by atoms with van der Waals surface area (Å²) in [6.07, 6.45) is 4.38. The normalized spacial score (nSPS) is 15.3. The highest BCUT2D eigenvalue weighted by atomic mass is 16.5. The molecule has 1 aliphatic heterocycles. The molecule has 5 rings (SSSR count). The number of urea groups is 1. The molecule has 0 radical (unpaired) electrons. The Morgan fingerprint density at radius 2 is 1.81 bits per heavy atom. The number of nitrogens with zero attached hydrogens (tertiary/aromatic N) is 1. The van der Waals surface area contributed by atoms with Gasteiger partial charge in [0.15, 0.2) is 0 Å². The number of aryl methyl sites for hydroxylation is 1. The number of rotatable bonds is 9. The largest absolute Gasteiger partial charge is 0.495 e. The zero-order valence-electron chi connectivity index (χ0n) is 24.7. The van der Waals surface area contributed by atoms with Gasteiger partial charge in [-0.05, 0) is 79.1 Å². The Balaban J connectivity index is 1.37. The van der Waals surface area contributed by atoms with Gasteiger partial charge in [0.25, 0.3) is 0 Å². The van der Waals surface area contributed by atoms with E-state index in [1.165, 1.54) is 11.1 Å². The molecule has 0 aliphatic carbocycles. The maximum Gasteiger partial charge on any atom is 0.318 e. The Morgan fingerprint density at radius 1 is 1.07 bits per heavy atom. The fourth-order valence-electron chi connectivity index (χ4n) is 6.12. The number of H-pyrrole nitrogens is 1. The second kappa shape index (κ2) is 13.1. The predicted octanol–water partition coefficient (Wildman–Crippen LogP) is 5.69. The van der Waals surface area contributed by atoms with Crippen molar-refractivity contribution in [2.75, 3.05) is 32.1 Å². The molecule has 8 nitrogen and oxygen atoms in total. The molecule has 1 saturated heterocycles. The van der Waals surface area contributed by atoms with E-state index in [2.05, 4.69) is 46.8 Å². The van der Waals surface area contributed by atoms with E-state index in [9.17, 15) is 9.59 Å². The summed E-state index contributed by atoms with van der Waals surface area (Å²) in [5, 5.41) is 7.18. The number of methoxy groups -OCH3 is 1. The van der Waals surface area contributed by atoms with Crippen molar-refractivity contribution in [3.8, 4) is 5.75 Å². The number of anilines is 1. The minimum Gasteiger partial charge on any atom is -0.495 e. The monoisotopic (exact) mass is 567 g/mol. The van der Waals surface area contributed by atoms with Gasteiger partial charge in [0.2, 0.25) is 5.91 Å². The topological polar surface area (TPSA) is 112 Å². The number of nitrogens with two attached hydrogens (primary N) is 1. The lowest BCUT2D eigenvalue weighted by molar-refractivity contribution is -0.118. The van der Waals surface area contributed by atoms with Gasteiger partial charge in [-0.15, -0.1) is 0 Å². The van der Waals surface area contributed by atoms with Crippen LogP contribution in [0, 0.1) is 6.92 Å². The van der Waals surface area contributed by atoms with Crippen LogP contribution in [0.15, 0.2) is 72.9 Å². The Kier molecular flexibility index (Phi) is 9.12. The first-order valence-corrected chi connectivity index (χ1v) is 14.7. The van der Waals surface area contributed by atoms with Gasteiger partial charge in [-0.2, -0.15) is 0 Å². The van der Waals surface area contributed by atoms with Crippen molar-refractivity contribution in [3.05, 3.63) is 95.2 Å². The molecule has 0 saturated carbocycles. The number of likely N-dealkylation sites (tertiary alicyclic amines) is 1. The molecular formula is C34H41N5O3. The molecule has 2 atom stereocenters. The van der Waals surface area contributed by atoms with Crippen molar-refractivity contribution < 1.29 is 14.3 Å². The molecule has 0 unspecified atom stereocenters. The van der Waals surface area contributed by atoms with Crippen LogP contribution >= 0.6 is 0 Å². The third-order valence-electron chi connectivity index (χ3n) is 8.54. The molecule has 8 heteroatoms. The standard InChI is InChI=1S/C34H41N5O3/c1-22-8-4-5-9-26(22)25-15-18-39(19-16-25)34(41)38-32(23(2)28-21-36-29-11-7-6-10-27(28)29)33(40)37-30-20-24(14-17-35)12-13-31(30)42-3/h4-13,20-21,23,25,32,36H,14-19,35H2,1-3H3,(H,37,40)(H,38,41)/t23-,32-/m1/s1. The molecule has 1 aliphatic rings. The fourth-order valence-corrected chi connectivity index (χ4v) is 6.12. The molecule has 4 aromatic rings. The van der Waals surface area contributed by atoms with E-state index in [1.807, 2.05) is 60.5 Å². The van der Waals surface area contributed by atoms with E-state index in [1.54, 1.807) is 7.11 Å². The lowest BCUT2D eigenvalue weighted by Gasteiger charge is -2.34. The number of piperidine rings is 1. The zero-order chi connectivity index (χ0) is 29.6. The number of amides is 3. The Bertz CT molecular complexity index is 1540. The summed E-state index contributed by atoms with van der Waals surface area (Å²) >= 11 is 0. The number of benzene rings is 3. The molecule has 3 aromatic carbocycles. The van der Waals surface area contributed by atoms with Crippen molar-refractivity contribution >= 4 is 28.5 Å². The second-order valence-corrected chi connectivity index (χ2v) is 11.2. The van der Waals surface area contributed by atoms with Crippen LogP contribution in [-0.4, -0.2) is 54.6 Å². The van der Waals surface area contributed by atoms with Crippen molar-refractivity contribution in [2.45, 2.75) is 51.0 Å². The van der Waals surface area contributed by atoms with Gasteiger partial charge in [-0.25, -0.2) is 4.79 Å². The number of ether oxygens (including phenoxy) is 1. The molecule has 1 fully saturated rings. The minimum atomic E-state index is -0.825. The highest BCUT2D eigenvalue weighted by Gasteiger charge is 2.33. The van der Waals surface area contributed by atoms with Gasteiger partial charge < -0.3 is 31.0 Å². The highest BCUT2D eigenvalue weighted by Crippen LogP contribution is 2.32. The van der Waals surface area contributed by atoms with Crippen LogP contribution < -0.4 is 21.1 Å². The van der Waals surface area contributed by atoms with Crippen LogP contribution in [0.1, 0.15) is 53.9 Å². The molecular weight excluding hydrogens is 526 g/mol. The Morgan fingerprint density at radius 3 is 2.55 bits per heavy atom. The zero-order valence-corrected chi connectivity index (χ0v) is 24.7. The lowest BCUT2D eigenvalue weighted by atomic mass is 9.87. The number of para-hydroxylation sites is 1. The van der Waals surface area contributed by atoms with Crippen molar-refractivity contribution in [3.63, 3.8) is 0 Å². The Labute approximate surface area is 247 Å². The summed E-state index contributed by atoms with van der Waals surface area (Å²) in [4.78, 5) is 32.8. The van der Waals surface area contributed by atoms with Gasteiger partial charge in [-0.1, -0.05) is 55.5 Å². The summed E-state index contributed by atoms with van der Waals surface area (Å²) < 4.78 is 5.53. The van der Waals surface area contributed by atoms with Crippen LogP contribution in [0.2, 0.25) is 0 Å². The van der Waals surface area contributed by atoms with Gasteiger partial charge in [-0.3, -0.25) is 4.79 Å². The number of carbonyl (C=O) groups is 2. The molecule has 1 aromatic heterocycles. The van der Waals surface area contributed by atoms with E-state index in [0.29, 0.717) is 43.4 Å². The lowest BCUT2D eigenvalue weighted by Crippen LogP contribution is -2.53. The van der Waals surface area contributed by atoms with Crippen LogP contribution in [-0.2, 0) is 11.2 Å². The average Bonchev–Trinajstić information content (AvgIpc) is 3.44. The number of nitrogens with one attached hydrogen (secondary N) is 3. The number of hydrogen-bond donors (Lipinski definition) is 4. The maximum atomic E-state index is 14.0. The summed E-state index contributed by atoms with van der Waals surface area (Å²) in [5.41, 5.74) is 11.9. The molecule has 2 heterocycles. The van der Waals surface area contributed by atoms with Crippen molar-refractivity contribution in [1.82, 2.24) is 15.2 Å². The summed E-state index contributed by atoms with van der Waals surface area (Å²) in [5.74, 6) is 0.354. The van der Waals surface area contributed by atoms with Crippen LogP contribution in [0.3, 0.4) is 0 Å². The van der Waals surface area contributed by atoms with Gasteiger partial charge in [0, 0.05) is 36.1 Å². The summed E-state index contributed by atoms with van der Waals surface area (Å²) in [6.45, 7) is 5.89. The molecule has 3 amide bonds. The van der Waals surface area contributed by atoms with Crippen LogP contribution in [0.4, 0.5) is 10.5 Å². The average molecular weight is 568 g/mol. The van der Waals surface area contributed by atoms with Gasteiger partial charge >= 0.3 is 6.03 Å². The van der Waals surface area contributed by atoms with Crippen molar-refractivity contribution in [2.24, 2.45) is 5.73 Å². The smallest absolute Gasteiger partial charge is 0.318 e. The third-order valence-corrected chi connectivity index (χ3v) is 8.54. The number of hydrogen-bond acceptors (Lipinski definition) is 4. The molecule has 0 spiro atoms. The van der Waals surface area contributed by atoms with Crippen LogP contribution in [0.5, 0.6) is 5.75 Å². The van der Waals surface area contributed by atoms with E-state index in [0.717, 1.165) is 34.9 Å². The molecule has 220 valence electrons. The van der Waals surface area contributed by atoms with E-state index in [4.69, 9.17) is 10.5 Å². The first kappa shape index (κ1) is 29.2. The van der Waals surface area contributed by atoms with Gasteiger partial charge in [0.1, 0.15) is 11.8 Å². The van der Waals surface area contributed by atoms with E-state index in [-0.39, 0.29) is 17.9 Å². The maximum absolute atomic E-state index is 14.0. The third kappa shape index (κ3) is 6.29. The first-order valence-electron chi connectivity index (χ1n) is 14.7. The van der Waals surface area contributed by atoms with Crippen LogP contribution in [0.25, 0.3) is 10.9 Å². The first-order chi connectivity index (χ1) is 20.4. The molecule has 5 N–H and O–H groups in total. The number of aromatic amines is 1. The fraction of sp³-hybridized carbons (Fsp3) is 0.353. The minimum absolute atomic E-state index is 0.228.